The number of ether oxygens (including phenoxy) is 1. The van der Waals surface area contributed by atoms with Crippen LogP contribution in [0.2, 0.25) is 5.02 Å². The van der Waals surface area contributed by atoms with E-state index in [1.165, 1.54) is 0 Å². The van der Waals surface area contributed by atoms with Crippen LogP contribution < -0.4 is 5.73 Å². The zero-order valence-corrected chi connectivity index (χ0v) is 10.0. The number of fused-ring (bicyclic) bond motifs is 1. The molecule has 4 nitrogen and oxygen atoms in total. The summed E-state index contributed by atoms with van der Waals surface area (Å²) in [6.07, 6.45) is 0. The molecule has 0 saturated heterocycles. The zero-order chi connectivity index (χ0) is 11.7. The summed E-state index contributed by atoms with van der Waals surface area (Å²) < 4.78 is 6.95. The van der Waals surface area contributed by atoms with Crippen molar-refractivity contribution in [1.82, 2.24) is 9.55 Å². The normalized spacial score (nSPS) is 13.2. The molecule has 2 aromatic rings. The summed E-state index contributed by atoms with van der Waals surface area (Å²) in [7, 11) is 3.53. The highest BCUT2D eigenvalue weighted by molar-refractivity contribution is 6.35. The topological polar surface area (TPSA) is 53.1 Å². The molecule has 0 radical (unpaired) electrons. The third-order valence-electron chi connectivity index (χ3n) is 2.56. The number of nitrogens with two attached hydrogens (primary N) is 1. The molecule has 0 fully saturated rings. The van der Waals surface area contributed by atoms with Crippen LogP contribution in [-0.4, -0.2) is 23.3 Å². The predicted octanol–water partition coefficient (Wildman–Crippen LogP) is 1.87. The maximum absolute atomic E-state index is 6.12. The molecule has 1 atom stereocenters. The molecule has 1 unspecified atom stereocenters. The Balaban J connectivity index is 2.56. The van der Waals surface area contributed by atoms with Crippen molar-refractivity contribution in [3.8, 4) is 0 Å². The lowest BCUT2D eigenvalue weighted by Gasteiger charge is -2.10. The Kier molecular flexibility index (Phi) is 3.14. The molecule has 1 aromatic heterocycles. The quantitative estimate of drug-likeness (QED) is 0.890. The largest absolute Gasteiger partial charge is 0.383 e. The fourth-order valence-electron chi connectivity index (χ4n) is 1.82. The highest BCUT2D eigenvalue weighted by atomic mass is 35.5. The van der Waals surface area contributed by atoms with Crippen LogP contribution in [0.4, 0.5) is 0 Å². The van der Waals surface area contributed by atoms with Gasteiger partial charge >= 0.3 is 0 Å². The van der Waals surface area contributed by atoms with Gasteiger partial charge in [-0.1, -0.05) is 17.7 Å². The minimum Gasteiger partial charge on any atom is -0.383 e. The fourth-order valence-corrected chi connectivity index (χ4v) is 2.12. The molecule has 86 valence electrons. The molecule has 2 rings (SSSR count). The van der Waals surface area contributed by atoms with Gasteiger partial charge in [0.15, 0.2) is 0 Å². The number of para-hydroxylation sites is 1. The van der Waals surface area contributed by atoms with Crippen LogP contribution in [0.1, 0.15) is 11.9 Å². The summed E-state index contributed by atoms with van der Waals surface area (Å²) in [6, 6.07) is 5.41. The van der Waals surface area contributed by atoms with Gasteiger partial charge in [-0.25, -0.2) is 4.98 Å². The van der Waals surface area contributed by atoms with Crippen LogP contribution in [-0.2, 0) is 11.8 Å². The van der Waals surface area contributed by atoms with E-state index in [1.54, 1.807) is 7.11 Å². The molecule has 1 heterocycles. The van der Waals surface area contributed by atoms with Crippen LogP contribution in [0.25, 0.3) is 11.0 Å². The van der Waals surface area contributed by atoms with Gasteiger partial charge in [-0.2, -0.15) is 0 Å². The van der Waals surface area contributed by atoms with E-state index >= 15 is 0 Å². The van der Waals surface area contributed by atoms with Crippen LogP contribution in [0.5, 0.6) is 0 Å². The van der Waals surface area contributed by atoms with Crippen molar-refractivity contribution in [2.75, 3.05) is 13.7 Å². The second kappa shape index (κ2) is 4.41. The van der Waals surface area contributed by atoms with Crippen molar-refractivity contribution in [3.63, 3.8) is 0 Å². The summed E-state index contributed by atoms with van der Waals surface area (Å²) in [5.41, 5.74) is 7.73. The smallest absolute Gasteiger partial charge is 0.129 e. The summed E-state index contributed by atoms with van der Waals surface area (Å²) in [5, 5.41) is 0.684. The lowest BCUT2D eigenvalue weighted by atomic mass is 10.3. The summed E-state index contributed by atoms with van der Waals surface area (Å²) in [5.74, 6) is 0.782. The summed E-state index contributed by atoms with van der Waals surface area (Å²) in [6.45, 7) is 0.439. The second-order valence-corrected chi connectivity index (χ2v) is 4.11. The Morgan fingerprint density at radius 3 is 2.94 bits per heavy atom. The molecular weight excluding hydrogens is 226 g/mol. The van der Waals surface area contributed by atoms with Gasteiger partial charge in [0.2, 0.25) is 0 Å². The minimum atomic E-state index is -0.238. The van der Waals surface area contributed by atoms with Crippen molar-refractivity contribution in [2.24, 2.45) is 12.8 Å². The molecule has 16 heavy (non-hydrogen) atoms. The van der Waals surface area contributed by atoms with Crippen LogP contribution in [0, 0.1) is 0 Å². The average molecular weight is 240 g/mol. The number of nitrogens with zero attached hydrogens (tertiary/aromatic N) is 2. The standard InChI is InChI=1S/C11H14ClN3O/c1-15-10-7(12)4-3-5-9(10)14-11(15)8(13)6-16-2/h3-5,8H,6,13H2,1-2H3. The third-order valence-corrected chi connectivity index (χ3v) is 2.86. The maximum atomic E-state index is 6.12. The van der Waals surface area contributed by atoms with Crippen LogP contribution >= 0.6 is 11.6 Å². The molecule has 0 aliphatic heterocycles. The second-order valence-electron chi connectivity index (χ2n) is 3.70. The number of aromatic nitrogens is 2. The SMILES string of the molecule is COCC(N)c1nc2cccc(Cl)c2n1C. The number of rotatable bonds is 3. The Morgan fingerprint density at radius 2 is 2.31 bits per heavy atom. The van der Waals surface area contributed by atoms with Crippen molar-refractivity contribution in [1.29, 1.82) is 0 Å². The minimum absolute atomic E-state index is 0.238. The third kappa shape index (κ3) is 1.80. The van der Waals surface area contributed by atoms with Crippen molar-refractivity contribution < 1.29 is 4.74 Å². The summed E-state index contributed by atoms with van der Waals surface area (Å²) >= 11 is 6.12. The van der Waals surface area contributed by atoms with Gasteiger partial charge in [-0.3, -0.25) is 0 Å². The first-order chi connectivity index (χ1) is 7.65. The van der Waals surface area contributed by atoms with Gasteiger partial charge in [-0.05, 0) is 12.1 Å². The van der Waals surface area contributed by atoms with Crippen LogP contribution in [0.15, 0.2) is 18.2 Å². The van der Waals surface area contributed by atoms with Crippen molar-refractivity contribution >= 4 is 22.6 Å². The zero-order valence-electron chi connectivity index (χ0n) is 9.27. The summed E-state index contributed by atoms with van der Waals surface area (Å²) in [4.78, 5) is 4.47. The van der Waals surface area contributed by atoms with E-state index in [-0.39, 0.29) is 6.04 Å². The first-order valence-electron chi connectivity index (χ1n) is 5.00. The number of benzene rings is 1. The van der Waals surface area contributed by atoms with E-state index in [9.17, 15) is 0 Å². The lowest BCUT2D eigenvalue weighted by molar-refractivity contribution is 0.177. The number of hydrogen-bond acceptors (Lipinski definition) is 3. The molecule has 5 heteroatoms. The van der Waals surface area contributed by atoms with E-state index < -0.39 is 0 Å². The van der Waals surface area contributed by atoms with Crippen molar-refractivity contribution in [2.45, 2.75) is 6.04 Å². The van der Waals surface area contributed by atoms with Gasteiger partial charge in [-0.15, -0.1) is 0 Å². The van der Waals surface area contributed by atoms with Crippen molar-refractivity contribution in [3.05, 3.63) is 29.0 Å². The number of aryl methyl sites for hydroxylation is 1. The molecule has 0 amide bonds. The maximum Gasteiger partial charge on any atom is 0.129 e. The Hall–Kier alpha value is -1.10. The van der Waals surface area contributed by atoms with Gasteiger partial charge in [0.1, 0.15) is 5.82 Å². The Labute approximate surface area is 99.0 Å². The molecule has 1 aromatic carbocycles. The van der Waals surface area contributed by atoms with Gasteiger partial charge in [0.05, 0.1) is 28.7 Å². The van der Waals surface area contributed by atoms with E-state index in [0.29, 0.717) is 11.6 Å². The first-order valence-corrected chi connectivity index (χ1v) is 5.38. The number of hydrogen-bond donors (Lipinski definition) is 1. The van der Waals surface area contributed by atoms with E-state index in [4.69, 9.17) is 22.1 Å². The number of imidazole rings is 1. The Morgan fingerprint density at radius 1 is 1.56 bits per heavy atom. The average Bonchev–Trinajstić information content (AvgIpc) is 2.58. The molecule has 0 bridgehead atoms. The molecular formula is C11H14ClN3O. The van der Waals surface area contributed by atoms with Gasteiger partial charge < -0.3 is 15.0 Å². The van der Waals surface area contributed by atoms with E-state index in [1.807, 2.05) is 29.8 Å². The highest BCUT2D eigenvalue weighted by Crippen LogP contribution is 2.25. The van der Waals surface area contributed by atoms with Gasteiger partial charge in [0, 0.05) is 14.2 Å². The predicted molar refractivity (Wildman–Crippen MR) is 64.5 cm³/mol. The molecule has 0 aliphatic rings. The first kappa shape index (κ1) is 11.4. The number of methoxy groups -OCH3 is 1. The van der Waals surface area contributed by atoms with E-state index in [2.05, 4.69) is 4.98 Å². The molecule has 0 spiro atoms. The monoisotopic (exact) mass is 239 g/mol. The van der Waals surface area contributed by atoms with E-state index in [0.717, 1.165) is 16.9 Å². The molecule has 0 saturated carbocycles. The molecule has 2 N–H and O–H groups in total. The fraction of sp³-hybridized carbons (Fsp3) is 0.364. The lowest BCUT2D eigenvalue weighted by Crippen LogP contribution is -2.20. The molecule has 0 aliphatic carbocycles. The highest BCUT2D eigenvalue weighted by Gasteiger charge is 2.15. The van der Waals surface area contributed by atoms with Gasteiger partial charge in [0.25, 0.3) is 0 Å². The van der Waals surface area contributed by atoms with Crippen LogP contribution in [0.3, 0.4) is 0 Å². The Bertz CT molecular complexity index is 509. The number of halogens is 1.